The van der Waals surface area contributed by atoms with Crippen molar-refractivity contribution in [1.29, 1.82) is 0 Å². The lowest BCUT2D eigenvalue weighted by Gasteiger charge is -2.31. The van der Waals surface area contributed by atoms with Crippen molar-refractivity contribution >= 4 is 17.9 Å². The Labute approximate surface area is 166 Å². The highest BCUT2D eigenvalue weighted by Crippen LogP contribution is 2.16. The van der Waals surface area contributed by atoms with Crippen LogP contribution in [-0.4, -0.2) is 66.5 Å². The van der Waals surface area contributed by atoms with Crippen LogP contribution in [-0.2, 0) is 4.74 Å². The third kappa shape index (κ3) is 5.03. The minimum atomic E-state index is -0.295. The van der Waals surface area contributed by atoms with Gasteiger partial charge in [-0.3, -0.25) is 9.59 Å². The molecule has 2 saturated heterocycles. The number of hydrogen-bond donors (Lipinski definition) is 1. The molecule has 0 atom stereocenters. The van der Waals surface area contributed by atoms with E-state index >= 15 is 0 Å². The molecule has 1 aromatic rings. The molecule has 152 valence electrons. The predicted octanol–water partition coefficient (Wildman–Crippen LogP) is 2.66. The summed E-state index contributed by atoms with van der Waals surface area (Å²) >= 11 is 0. The van der Waals surface area contributed by atoms with Gasteiger partial charge in [-0.2, -0.15) is 0 Å². The Morgan fingerprint density at radius 3 is 2.36 bits per heavy atom. The first-order valence-electron chi connectivity index (χ1n) is 10.2. The Kier molecular flexibility index (Phi) is 6.90. The maximum absolute atomic E-state index is 12.7. The number of benzene rings is 1. The van der Waals surface area contributed by atoms with Crippen molar-refractivity contribution in [2.24, 2.45) is 0 Å². The monoisotopic (exact) mass is 387 g/mol. The maximum atomic E-state index is 12.7. The number of nitrogens with zero attached hydrogens (tertiary/aromatic N) is 2. The largest absolute Gasteiger partial charge is 0.450 e. The van der Waals surface area contributed by atoms with E-state index in [4.69, 9.17) is 4.74 Å². The van der Waals surface area contributed by atoms with Crippen molar-refractivity contribution in [3.63, 3.8) is 0 Å². The van der Waals surface area contributed by atoms with Crippen molar-refractivity contribution in [1.82, 2.24) is 15.1 Å². The molecule has 0 saturated carbocycles. The number of nitrogens with one attached hydrogen (secondary N) is 1. The number of ether oxygens (including phenoxy) is 1. The van der Waals surface area contributed by atoms with Crippen LogP contribution < -0.4 is 5.32 Å². The summed E-state index contributed by atoms with van der Waals surface area (Å²) in [7, 11) is 0. The molecule has 0 spiro atoms. The molecular weight excluding hydrogens is 358 g/mol. The molecule has 0 bridgehead atoms. The smallest absolute Gasteiger partial charge is 0.409 e. The van der Waals surface area contributed by atoms with Gasteiger partial charge in [0, 0.05) is 43.3 Å². The Morgan fingerprint density at radius 1 is 1.00 bits per heavy atom. The van der Waals surface area contributed by atoms with Crippen molar-refractivity contribution in [3.8, 4) is 0 Å². The Morgan fingerprint density at radius 2 is 1.68 bits per heavy atom. The minimum Gasteiger partial charge on any atom is -0.450 e. The zero-order chi connectivity index (χ0) is 19.9. The van der Waals surface area contributed by atoms with E-state index in [0.717, 1.165) is 25.9 Å². The third-order valence-corrected chi connectivity index (χ3v) is 5.37. The molecule has 0 unspecified atom stereocenters. The molecule has 0 aliphatic carbocycles. The van der Waals surface area contributed by atoms with Crippen LogP contribution in [0, 0.1) is 0 Å². The average molecular weight is 387 g/mol. The van der Waals surface area contributed by atoms with E-state index in [1.807, 2.05) is 4.90 Å². The standard InChI is InChI=1S/C21H29N3O4/c1-2-28-21(27)24-13-9-18(10-14-24)22-19(25)16-7-6-8-17(15-16)20(26)23-11-4-3-5-12-23/h6-8,15,18H,2-5,9-14H2,1H3,(H,22,25). The van der Waals surface area contributed by atoms with Crippen LogP contribution in [0.1, 0.15) is 59.7 Å². The molecular formula is C21H29N3O4. The number of amides is 3. The molecule has 3 amide bonds. The van der Waals surface area contributed by atoms with Crippen molar-refractivity contribution in [2.75, 3.05) is 32.8 Å². The normalized spacial score (nSPS) is 17.9. The van der Waals surface area contributed by atoms with Crippen LogP contribution in [0.25, 0.3) is 0 Å². The Hall–Kier alpha value is -2.57. The molecule has 2 aliphatic heterocycles. The van der Waals surface area contributed by atoms with Crippen molar-refractivity contribution in [3.05, 3.63) is 35.4 Å². The first kappa shape index (κ1) is 20.2. The molecule has 7 heteroatoms. The van der Waals surface area contributed by atoms with Crippen LogP contribution in [0.15, 0.2) is 24.3 Å². The summed E-state index contributed by atoms with van der Waals surface area (Å²) in [6.07, 6.45) is 4.33. The topological polar surface area (TPSA) is 79.0 Å². The SMILES string of the molecule is CCOC(=O)N1CCC(NC(=O)c2cccc(C(=O)N3CCCCC3)c2)CC1. The number of hydrogen-bond acceptors (Lipinski definition) is 4. The predicted molar refractivity (Wildman–Crippen MR) is 105 cm³/mol. The fourth-order valence-electron chi connectivity index (χ4n) is 3.76. The quantitative estimate of drug-likeness (QED) is 0.861. The molecule has 2 fully saturated rings. The van der Waals surface area contributed by atoms with Gasteiger partial charge < -0.3 is 19.9 Å². The molecule has 1 aromatic carbocycles. The molecule has 0 aromatic heterocycles. The average Bonchev–Trinajstić information content (AvgIpc) is 2.74. The van der Waals surface area contributed by atoms with Gasteiger partial charge >= 0.3 is 6.09 Å². The van der Waals surface area contributed by atoms with E-state index in [2.05, 4.69) is 5.32 Å². The lowest BCUT2D eigenvalue weighted by molar-refractivity contribution is 0.0724. The van der Waals surface area contributed by atoms with Gasteiger partial charge in [0.2, 0.25) is 0 Å². The van der Waals surface area contributed by atoms with Gasteiger partial charge in [-0.05, 0) is 57.2 Å². The second-order valence-corrected chi connectivity index (χ2v) is 7.37. The number of carbonyl (C=O) groups excluding carboxylic acids is 3. The molecule has 2 heterocycles. The van der Waals surface area contributed by atoms with Gasteiger partial charge in [0.05, 0.1) is 6.61 Å². The fraction of sp³-hybridized carbons (Fsp3) is 0.571. The molecule has 2 aliphatic rings. The molecule has 1 N–H and O–H groups in total. The highest BCUT2D eigenvalue weighted by atomic mass is 16.6. The maximum Gasteiger partial charge on any atom is 0.409 e. The summed E-state index contributed by atoms with van der Waals surface area (Å²) in [6.45, 7) is 4.86. The van der Waals surface area contributed by atoms with Crippen LogP contribution in [0.3, 0.4) is 0 Å². The van der Waals surface area contributed by atoms with Crippen LogP contribution in [0.5, 0.6) is 0 Å². The summed E-state index contributed by atoms with van der Waals surface area (Å²) in [6, 6.07) is 6.96. The molecule has 3 rings (SSSR count). The minimum absolute atomic E-state index is 0.00269. The van der Waals surface area contributed by atoms with Crippen LogP contribution in [0.4, 0.5) is 4.79 Å². The highest BCUT2D eigenvalue weighted by Gasteiger charge is 2.25. The Balaban J connectivity index is 1.55. The van der Waals surface area contributed by atoms with Gasteiger partial charge in [-0.25, -0.2) is 4.79 Å². The first-order chi connectivity index (χ1) is 13.6. The summed E-state index contributed by atoms with van der Waals surface area (Å²) in [4.78, 5) is 40.6. The van der Waals surface area contributed by atoms with E-state index in [-0.39, 0.29) is 23.9 Å². The van der Waals surface area contributed by atoms with Crippen LogP contribution in [0.2, 0.25) is 0 Å². The van der Waals surface area contributed by atoms with Gasteiger partial charge in [0.25, 0.3) is 11.8 Å². The van der Waals surface area contributed by atoms with Gasteiger partial charge in [-0.1, -0.05) is 6.07 Å². The van der Waals surface area contributed by atoms with E-state index in [9.17, 15) is 14.4 Å². The summed E-state index contributed by atoms with van der Waals surface area (Å²) in [5.74, 6) is -0.181. The van der Waals surface area contributed by atoms with E-state index in [1.54, 1.807) is 36.1 Å². The summed E-state index contributed by atoms with van der Waals surface area (Å²) in [5, 5.41) is 3.03. The molecule has 7 nitrogen and oxygen atoms in total. The number of carbonyl (C=O) groups is 3. The number of piperidine rings is 2. The Bertz CT molecular complexity index is 707. The zero-order valence-corrected chi connectivity index (χ0v) is 16.5. The second-order valence-electron chi connectivity index (χ2n) is 7.37. The van der Waals surface area contributed by atoms with Gasteiger partial charge in [0.15, 0.2) is 0 Å². The van der Waals surface area contributed by atoms with Crippen molar-refractivity contribution in [2.45, 2.75) is 45.1 Å². The third-order valence-electron chi connectivity index (χ3n) is 5.37. The molecule has 28 heavy (non-hydrogen) atoms. The van der Waals surface area contributed by atoms with Gasteiger partial charge in [-0.15, -0.1) is 0 Å². The lowest BCUT2D eigenvalue weighted by Crippen LogP contribution is -2.46. The summed E-state index contributed by atoms with van der Waals surface area (Å²) < 4.78 is 5.02. The highest BCUT2D eigenvalue weighted by molar-refractivity contribution is 5.99. The number of rotatable bonds is 4. The van der Waals surface area contributed by atoms with Gasteiger partial charge in [0.1, 0.15) is 0 Å². The van der Waals surface area contributed by atoms with Crippen LogP contribution >= 0.6 is 0 Å². The second kappa shape index (κ2) is 9.57. The van der Waals surface area contributed by atoms with E-state index in [0.29, 0.717) is 43.7 Å². The van der Waals surface area contributed by atoms with E-state index < -0.39 is 0 Å². The van der Waals surface area contributed by atoms with Crippen molar-refractivity contribution < 1.29 is 19.1 Å². The fourth-order valence-corrected chi connectivity index (χ4v) is 3.76. The lowest BCUT2D eigenvalue weighted by atomic mass is 10.0. The number of likely N-dealkylation sites (tertiary alicyclic amines) is 2. The van der Waals surface area contributed by atoms with E-state index in [1.165, 1.54) is 6.42 Å². The zero-order valence-electron chi connectivity index (χ0n) is 16.5. The molecule has 0 radical (unpaired) electrons. The summed E-state index contributed by atoms with van der Waals surface area (Å²) in [5.41, 5.74) is 1.06. The first-order valence-corrected chi connectivity index (χ1v) is 10.2.